The first-order chi connectivity index (χ1) is 18.9. The first kappa shape index (κ1) is 25.0. The highest BCUT2D eigenvalue weighted by molar-refractivity contribution is 6.06. The average molecular weight is 535 g/mol. The molecule has 0 bridgehead atoms. The van der Waals surface area contributed by atoms with Crippen LogP contribution in [-0.4, -0.2) is 66.1 Å². The maximum Gasteiger partial charge on any atom is 0.322 e. The van der Waals surface area contributed by atoms with Crippen LogP contribution in [0.2, 0.25) is 0 Å². The summed E-state index contributed by atoms with van der Waals surface area (Å²) in [5, 5.41) is 3.03. The van der Waals surface area contributed by atoms with Crippen LogP contribution < -0.4 is 19.9 Å². The van der Waals surface area contributed by atoms with E-state index in [9.17, 15) is 18.4 Å². The fourth-order valence-electron chi connectivity index (χ4n) is 5.74. The lowest BCUT2D eigenvalue weighted by atomic mass is 10.0. The molecule has 1 N–H and O–H groups in total. The van der Waals surface area contributed by atoms with Gasteiger partial charge in [-0.1, -0.05) is 0 Å². The number of hydrogen-bond donors (Lipinski definition) is 1. The van der Waals surface area contributed by atoms with Crippen LogP contribution >= 0.6 is 0 Å². The Labute approximate surface area is 224 Å². The van der Waals surface area contributed by atoms with Gasteiger partial charge in [-0.05, 0) is 61.1 Å². The van der Waals surface area contributed by atoms with E-state index in [-0.39, 0.29) is 30.0 Å². The highest BCUT2D eigenvalue weighted by Gasteiger charge is 2.33. The predicted octanol–water partition coefficient (Wildman–Crippen LogP) is 4.03. The number of nitrogens with zero attached hydrogens (tertiary/aromatic N) is 5. The number of methoxy groups -OCH3 is 1. The maximum absolute atomic E-state index is 14.5. The zero-order chi connectivity index (χ0) is 27.1. The number of aromatic nitrogens is 2. The van der Waals surface area contributed by atoms with Crippen molar-refractivity contribution in [3.05, 3.63) is 71.2 Å². The second kappa shape index (κ2) is 10.1. The van der Waals surface area contributed by atoms with Gasteiger partial charge in [0, 0.05) is 50.0 Å². The molecular weight excluding hydrogens is 506 g/mol. The molecular formula is C28H28F2N6O3. The second-order valence-electron chi connectivity index (χ2n) is 9.98. The van der Waals surface area contributed by atoms with Crippen molar-refractivity contribution in [2.75, 3.05) is 48.4 Å². The number of anilines is 3. The topological polar surface area (TPSA) is 90.9 Å². The van der Waals surface area contributed by atoms with Crippen molar-refractivity contribution < 1.29 is 23.1 Å². The molecule has 2 aromatic carbocycles. The molecule has 0 saturated carbocycles. The van der Waals surface area contributed by atoms with Crippen molar-refractivity contribution in [1.82, 2.24) is 14.9 Å². The molecule has 0 unspecified atom stereocenters. The Morgan fingerprint density at radius 3 is 2.59 bits per heavy atom. The second-order valence-corrected chi connectivity index (χ2v) is 9.98. The number of rotatable bonds is 4. The first-order valence-electron chi connectivity index (χ1n) is 13.0. The zero-order valence-corrected chi connectivity index (χ0v) is 21.5. The third-order valence-corrected chi connectivity index (χ3v) is 7.76. The lowest BCUT2D eigenvalue weighted by Gasteiger charge is -2.38. The Morgan fingerprint density at radius 1 is 1.00 bits per heavy atom. The number of hydrogen-bond acceptors (Lipinski definition) is 6. The van der Waals surface area contributed by atoms with Gasteiger partial charge in [0.2, 0.25) is 0 Å². The molecule has 1 aromatic heterocycles. The van der Waals surface area contributed by atoms with Crippen molar-refractivity contribution in [2.45, 2.75) is 31.7 Å². The minimum Gasteiger partial charge on any atom is -0.497 e. The number of urea groups is 1. The average Bonchev–Trinajstić information content (AvgIpc) is 3.30. The summed E-state index contributed by atoms with van der Waals surface area (Å²) in [6.07, 6.45) is 3.94. The SMILES string of the molecule is COc1ccc2c(c1)CCN(C1CCN(c3cc(C(=O)N4CCc5cc(F)cc(F)c54)ncn3)CC1)C(=O)N2. The summed E-state index contributed by atoms with van der Waals surface area (Å²) in [5.41, 5.74) is 2.59. The highest BCUT2D eigenvalue weighted by Crippen LogP contribution is 2.33. The molecule has 11 heteroatoms. The van der Waals surface area contributed by atoms with Crippen LogP contribution in [0.25, 0.3) is 0 Å². The molecule has 0 spiro atoms. The molecule has 39 heavy (non-hydrogen) atoms. The number of amides is 3. The van der Waals surface area contributed by atoms with Crippen LogP contribution in [0.1, 0.15) is 34.5 Å². The quantitative estimate of drug-likeness (QED) is 0.544. The lowest BCUT2D eigenvalue weighted by Crippen LogP contribution is -2.49. The van der Waals surface area contributed by atoms with Crippen molar-refractivity contribution in [3.8, 4) is 5.75 Å². The molecule has 0 atom stereocenters. The highest BCUT2D eigenvalue weighted by atomic mass is 19.1. The van der Waals surface area contributed by atoms with Crippen LogP contribution in [-0.2, 0) is 12.8 Å². The molecule has 6 rings (SSSR count). The fourth-order valence-corrected chi connectivity index (χ4v) is 5.74. The molecule has 1 fully saturated rings. The van der Waals surface area contributed by atoms with Gasteiger partial charge in [-0.3, -0.25) is 4.79 Å². The van der Waals surface area contributed by atoms with E-state index in [1.54, 1.807) is 13.2 Å². The number of benzene rings is 2. The van der Waals surface area contributed by atoms with E-state index in [1.165, 1.54) is 17.3 Å². The van der Waals surface area contributed by atoms with Crippen molar-refractivity contribution in [2.24, 2.45) is 0 Å². The number of halogens is 2. The molecule has 202 valence electrons. The van der Waals surface area contributed by atoms with E-state index in [0.29, 0.717) is 37.4 Å². The smallest absolute Gasteiger partial charge is 0.322 e. The Hall–Kier alpha value is -4.28. The van der Waals surface area contributed by atoms with E-state index in [4.69, 9.17) is 4.74 Å². The van der Waals surface area contributed by atoms with Gasteiger partial charge >= 0.3 is 6.03 Å². The Balaban J connectivity index is 1.12. The fraction of sp³-hybridized carbons (Fsp3) is 0.357. The molecule has 4 heterocycles. The van der Waals surface area contributed by atoms with E-state index in [2.05, 4.69) is 20.2 Å². The summed E-state index contributed by atoms with van der Waals surface area (Å²) < 4.78 is 33.4. The van der Waals surface area contributed by atoms with Crippen LogP contribution in [0.15, 0.2) is 42.7 Å². The van der Waals surface area contributed by atoms with Crippen LogP contribution in [0.3, 0.4) is 0 Å². The molecule has 3 aromatic rings. The molecule has 1 saturated heterocycles. The molecule has 3 amide bonds. The van der Waals surface area contributed by atoms with E-state index < -0.39 is 17.5 Å². The van der Waals surface area contributed by atoms with Crippen molar-refractivity contribution in [1.29, 1.82) is 0 Å². The third-order valence-electron chi connectivity index (χ3n) is 7.76. The predicted molar refractivity (Wildman–Crippen MR) is 141 cm³/mol. The maximum atomic E-state index is 14.5. The molecule has 3 aliphatic rings. The van der Waals surface area contributed by atoms with Gasteiger partial charge in [0.05, 0.1) is 12.8 Å². The Bertz CT molecular complexity index is 1440. The van der Waals surface area contributed by atoms with Gasteiger partial charge in [0.25, 0.3) is 5.91 Å². The van der Waals surface area contributed by atoms with Gasteiger partial charge in [-0.2, -0.15) is 0 Å². The summed E-state index contributed by atoms with van der Waals surface area (Å²) in [6, 6.07) is 9.32. The summed E-state index contributed by atoms with van der Waals surface area (Å²) in [5.74, 6) is -0.496. The van der Waals surface area contributed by atoms with E-state index >= 15 is 0 Å². The Morgan fingerprint density at radius 2 is 1.79 bits per heavy atom. The number of ether oxygens (including phenoxy) is 1. The molecule has 0 radical (unpaired) electrons. The van der Waals surface area contributed by atoms with Crippen LogP contribution in [0.5, 0.6) is 5.75 Å². The van der Waals surface area contributed by atoms with Crippen LogP contribution in [0.4, 0.5) is 30.8 Å². The zero-order valence-electron chi connectivity index (χ0n) is 21.5. The summed E-state index contributed by atoms with van der Waals surface area (Å²) in [7, 11) is 1.63. The number of nitrogens with one attached hydrogen (secondary N) is 1. The minimum atomic E-state index is -0.757. The Kier molecular flexibility index (Phi) is 6.49. The number of fused-ring (bicyclic) bond motifs is 2. The minimum absolute atomic E-state index is 0.0740. The first-order valence-corrected chi connectivity index (χ1v) is 13.0. The third kappa shape index (κ3) is 4.73. The molecule has 9 nitrogen and oxygen atoms in total. The van der Waals surface area contributed by atoms with Gasteiger partial charge in [0.15, 0.2) is 0 Å². The standard InChI is InChI=1S/C28H28F2N6O3/c1-39-21-2-3-23-17(13-21)4-10-35(28(38)33-23)20-6-8-34(9-7-20)25-15-24(31-16-32-25)27(37)36-11-5-18-12-19(29)14-22(30)26(18)36/h2-3,12-16,20H,4-11H2,1H3,(H,33,38). The summed E-state index contributed by atoms with van der Waals surface area (Å²) in [4.78, 5) is 40.1. The van der Waals surface area contributed by atoms with E-state index in [1.807, 2.05) is 23.1 Å². The van der Waals surface area contributed by atoms with Crippen molar-refractivity contribution >= 4 is 29.1 Å². The van der Waals surface area contributed by atoms with Gasteiger partial charge < -0.3 is 24.8 Å². The van der Waals surface area contributed by atoms with Crippen molar-refractivity contribution in [3.63, 3.8) is 0 Å². The van der Waals surface area contributed by atoms with Gasteiger partial charge in [-0.15, -0.1) is 0 Å². The summed E-state index contributed by atoms with van der Waals surface area (Å²) >= 11 is 0. The van der Waals surface area contributed by atoms with Crippen LogP contribution in [0, 0.1) is 11.6 Å². The van der Waals surface area contributed by atoms with Gasteiger partial charge in [0.1, 0.15) is 35.2 Å². The number of carbonyl (C=O) groups is 2. The largest absolute Gasteiger partial charge is 0.497 e. The number of piperidine rings is 1. The molecule has 3 aliphatic heterocycles. The monoisotopic (exact) mass is 534 g/mol. The normalized spacial score (nSPS) is 17.4. The summed E-state index contributed by atoms with van der Waals surface area (Å²) in [6.45, 7) is 2.18. The molecule has 0 aliphatic carbocycles. The van der Waals surface area contributed by atoms with E-state index in [0.717, 1.165) is 42.3 Å². The van der Waals surface area contributed by atoms with Gasteiger partial charge in [-0.25, -0.2) is 23.5 Å². The lowest BCUT2D eigenvalue weighted by molar-refractivity contribution is 0.0983. The number of carbonyl (C=O) groups excluding carboxylic acids is 2.